The molecule has 0 aromatic carbocycles. The van der Waals surface area contributed by atoms with Gasteiger partial charge >= 0.3 is 0 Å². The minimum Gasteiger partial charge on any atom is -0.374 e. The summed E-state index contributed by atoms with van der Waals surface area (Å²) in [5, 5.41) is 8.65. The fraction of sp³-hybridized carbons (Fsp3) is 0.467. The molecule has 0 aliphatic heterocycles. The highest BCUT2D eigenvalue weighted by atomic mass is 32.1. The van der Waals surface area contributed by atoms with E-state index in [1.54, 1.807) is 11.3 Å². The molecule has 6 heteroatoms. The molecule has 0 aliphatic rings. The Balaban J connectivity index is 2.17. The van der Waals surface area contributed by atoms with Gasteiger partial charge in [0.25, 0.3) is 0 Å². The van der Waals surface area contributed by atoms with Crippen LogP contribution in [0.4, 0.5) is 11.6 Å². The van der Waals surface area contributed by atoms with E-state index < -0.39 is 0 Å². The van der Waals surface area contributed by atoms with Crippen molar-refractivity contribution in [1.82, 2.24) is 9.97 Å². The van der Waals surface area contributed by atoms with Crippen molar-refractivity contribution in [1.29, 1.82) is 0 Å². The Morgan fingerprint density at radius 1 is 1.29 bits per heavy atom. The van der Waals surface area contributed by atoms with Crippen LogP contribution in [0, 0.1) is 0 Å². The van der Waals surface area contributed by atoms with Gasteiger partial charge in [0.15, 0.2) is 5.82 Å². The van der Waals surface area contributed by atoms with E-state index in [-0.39, 0.29) is 6.04 Å². The standard InChI is InChI=1S/C15H22N4OS/c1-4-11(12-7-6-8-21-12)17-14-9-13(16-3)18-15(19-14)10-20-5-2/h6-9,11H,4-5,10H2,1-3H3,(H2,16,17,18,19). The number of hydrogen-bond acceptors (Lipinski definition) is 6. The second-order valence-corrected chi connectivity index (χ2v) is 5.54. The quantitative estimate of drug-likeness (QED) is 0.779. The lowest BCUT2D eigenvalue weighted by Gasteiger charge is -2.17. The normalized spacial score (nSPS) is 12.1. The van der Waals surface area contributed by atoms with Crippen LogP contribution in [-0.4, -0.2) is 23.6 Å². The number of aromatic nitrogens is 2. The number of hydrogen-bond donors (Lipinski definition) is 2. The lowest BCUT2D eigenvalue weighted by atomic mass is 10.2. The number of nitrogens with one attached hydrogen (secondary N) is 2. The Bertz CT molecular complexity index is 545. The molecule has 1 unspecified atom stereocenters. The van der Waals surface area contributed by atoms with Crippen molar-refractivity contribution in [3.8, 4) is 0 Å². The SMILES string of the molecule is CCOCc1nc(NC)cc(NC(CC)c2cccs2)n1. The Labute approximate surface area is 129 Å². The Morgan fingerprint density at radius 2 is 2.10 bits per heavy atom. The van der Waals surface area contributed by atoms with Gasteiger partial charge in [-0.15, -0.1) is 11.3 Å². The molecule has 0 spiro atoms. The molecule has 2 aromatic heterocycles. The molecule has 0 amide bonds. The van der Waals surface area contributed by atoms with Gasteiger partial charge in [0.1, 0.15) is 18.2 Å². The maximum absolute atomic E-state index is 5.40. The Hall–Kier alpha value is -1.66. The maximum Gasteiger partial charge on any atom is 0.158 e. The zero-order valence-corrected chi connectivity index (χ0v) is 13.5. The van der Waals surface area contributed by atoms with Crippen molar-refractivity contribution < 1.29 is 4.74 Å². The molecular weight excluding hydrogens is 284 g/mol. The predicted octanol–water partition coefficient (Wildman–Crippen LogP) is 3.68. The Kier molecular flexibility index (Phi) is 5.95. The minimum absolute atomic E-state index is 0.268. The van der Waals surface area contributed by atoms with Crippen molar-refractivity contribution in [3.05, 3.63) is 34.3 Å². The van der Waals surface area contributed by atoms with Crippen LogP contribution in [-0.2, 0) is 11.3 Å². The summed E-state index contributed by atoms with van der Waals surface area (Å²) in [6, 6.07) is 6.41. The fourth-order valence-corrected chi connectivity index (χ4v) is 2.86. The first-order chi connectivity index (χ1) is 10.3. The van der Waals surface area contributed by atoms with Crippen LogP contribution in [0.15, 0.2) is 23.6 Å². The highest BCUT2D eigenvalue weighted by Gasteiger charge is 2.12. The second kappa shape index (κ2) is 7.95. The number of ether oxygens (including phenoxy) is 1. The summed E-state index contributed by atoms with van der Waals surface area (Å²) in [5.41, 5.74) is 0. The van der Waals surface area contributed by atoms with Gasteiger partial charge in [-0.2, -0.15) is 0 Å². The smallest absolute Gasteiger partial charge is 0.158 e. The zero-order valence-electron chi connectivity index (χ0n) is 12.7. The summed E-state index contributed by atoms with van der Waals surface area (Å²) in [5.74, 6) is 2.31. The molecule has 0 bridgehead atoms. The van der Waals surface area contributed by atoms with Crippen molar-refractivity contribution in [3.63, 3.8) is 0 Å². The molecule has 2 aromatic rings. The zero-order chi connectivity index (χ0) is 15.1. The van der Waals surface area contributed by atoms with E-state index in [0.717, 1.165) is 18.1 Å². The van der Waals surface area contributed by atoms with E-state index in [2.05, 4.69) is 45.0 Å². The second-order valence-electron chi connectivity index (χ2n) is 4.56. The topological polar surface area (TPSA) is 59.1 Å². The molecule has 2 heterocycles. The van der Waals surface area contributed by atoms with Gasteiger partial charge < -0.3 is 15.4 Å². The van der Waals surface area contributed by atoms with Crippen LogP contribution in [0.25, 0.3) is 0 Å². The van der Waals surface area contributed by atoms with Crippen molar-refractivity contribution in [2.75, 3.05) is 24.3 Å². The van der Waals surface area contributed by atoms with Crippen LogP contribution in [0.2, 0.25) is 0 Å². The summed E-state index contributed by atoms with van der Waals surface area (Å²) in [7, 11) is 1.85. The third-order valence-corrected chi connectivity index (χ3v) is 4.07. The summed E-state index contributed by atoms with van der Waals surface area (Å²) in [6.07, 6.45) is 1.00. The van der Waals surface area contributed by atoms with E-state index >= 15 is 0 Å². The van der Waals surface area contributed by atoms with Crippen LogP contribution in [0.3, 0.4) is 0 Å². The maximum atomic E-state index is 5.40. The molecule has 5 nitrogen and oxygen atoms in total. The monoisotopic (exact) mass is 306 g/mol. The van der Waals surface area contributed by atoms with Gasteiger partial charge in [-0.25, -0.2) is 9.97 Å². The van der Waals surface area contributed by atoms with Crippen molar-refractivity contribution >= 4 is 23.0 Å². The highest BCUT2D eigenvalue weighted by molar-refractivity contribution is 7.10. The van der Waals surface area contributed by atoms with E-state index in [9.17, 15) is 0 Å². The van der Waals surface area contributed by atoms with Crippen LogP contribution in [0.1, 0.15) is 37.0 Å². The molecule has 0 saturated carbocycles. The summed E-state index contributed by atoms with van der Waals surface area (Å²) in [4.78, 5) is 10.2. The molecule has 0 aliphatic carbocycles. The average Bonchev–Trinajstić information content (AvgIpc) is 3.04. The lowest BCUT2D eigenvalue weighted by molar-refractivity contribution is 0.128. The largest absolute Gasteiger partial charge is 0.374 e. The Morgan fingerprint density at radius 3 is 2.71 bits per heavy atom. The number of anilines is 2. The molecule has 0 saturated heterocycles. The minimum atomic E-state index is 0.268. The van der Waals surface area contributed by atoms with Gasteiger partial charge in [0.2, 0.25) is 0 Å². The van der Waals surface area contributed by atoms with Gasteiger partial charge in [-0.3, -0.25) is 0 Å². The predicted molar refractivity (Wildman–Crippen MR) is 87.9 cm³/mol. The van der Waals surface area contributed by atoms with Crippen LogP contribution >= 0.6 is 11.3 Å². The van der Waals surface area contributed by atoms with Gasteiger partial charge in [0, 0.05) is 24.6 Å². The van der Waals surface area contributed by atoms with Crippen LogP contribution < -0.4 is 10.6 Å². The number of thiophene rings is 1. The highest BCUT2D eigenvalue weighted by Crippen LogP contribution is 2.26. The third-order valence-electron chi connectivity index (χ3n) is 3.08. The number of nitrogens with zero attached hydrogens (tertiary/aromatic N) is 2. The first kappa shape index (κ1) is 15.7. The van der Waals surface area contributed by atoms with Crippen molar-refractivity contribution in [2.24, 2.45) is 0 Å². The van der Waals surface area contributed by atoms with E-state index in [1.807, 2.05) is 20.0 Å². The van der Waals surface area contributed by atoms with Crippen molar-refractivity contribution in [2.45, 2.75) is 32.9 Å². The molecule has 0 fully saturated rings. The molecule has 1 atom stereocenters. The van der Waals surface area contributed by atoms with Gasteiger partial charge in [0.05, 0.1) is 6.04 Å². The number of rotatable bonds is 8. The summed E-state index contributed by atoms with van der Waals surface area (Å²) < 4.78 is 5.40. The average molecular weight is 306 g/mol. The van der Waals surface area contributed by atoms with Crippen LogP contribution in [0.5, 0.6) is 0 Å². The van der Waals surface area contributed by atoms with Gasteiger partial charge in [-0.05, 0) is 24.8 Å². The summed E-state index contributed by atoms with van der Waals surface area (Å²) in [6.45, 7) is 5.21. The van der Waals surface area contributed by atoms with E-state index in [0.29, 0.717) is 19.0 Å². The van der Waals surface area contributed by atoms with E-state index in [1.165, 1.54) is 4.88 Å². The first-order valence-corrected chi connectivity index (χ1v) is 8.08. The molecule has 2 N–H and O–H groups in total. The molecule has 21 heavy (non-hydrogen) atoms. The molecular formula is C15H22N4OS. The fourth-order valence-electron chi connectivity index (χ4n) is 2.00. The molecule has 2 rings (SSSR count). The summed E-state index contributed by atoms with van der Waals surface area (Å²) >= 11 is 1.76. The lowest BCUT2D eigenvalue weighted by Crippen LogP contribution is -2.12. The van der Waals surface area contributed by atoms with Gasteiger partial charge in [-0.1, -0.05) is 13.0 Å². The molecule has 0 radical (unpaired) electrons. The van der Waals surface area contributed by atoms with E-state index in [4.69, 9.17) is 4.74 Å². The third kappa shape index (κ3) is 4.41. The first-order valence-electron chi connectivity index (χ1n) is 7.20. The molecule has 114 valence electrons.